The molecule has 0 saturated heterocycles. The number of rotatable bonds is 8. The monoisotopic (exact) mass is 327 g/mol. The van der Waals surface area contributed by atoms with E-state index in [2.05, 4.69) is 28.2 Å². The molecule has 0 heterocycles. The van der Waals surface area contributed by atoms with Crippen molar-refractivity contribution in [1.29, 1.82) is 0 Å². The van der Waals surface area contributed by atoms with Gasteiger partial charge in [0.25, 0.3) is 0 Å². The number of carbonyl (C=O) groups is 1. The van der Waals surface area contributed by atoms with Gasteiger partial charge < -0.3 is 10.1 Å². The van der Waals surface area contributed by atoms with Crippen molar-refractivity contribution in [3.8, 4) is 0 Å². The van der Waals surface area contributed by atoms with Gasteiger partial charge in [0.15, 0.2) is 0 Å². The van der Waals surface area contributed by atoms with Crippen LogP contribution in [0.15, 0.2) is 28.7 Å². The molecular formula is C15H22BrNO2. The van der Waals surface area contributed by atoms with E-state index in [1.54, 1.807) is 7.11 Å². The summed E-state index contributed by atoms with van der Waals surface area (Å²) in [6, 6.07) is 8.20. The minimum absolute atomic E-state index is 0.100. The number of methoxy groups -OCH3 is 1. The van der Waals surface area contributed by atoms with Crippen LogP contribution in [0.1, 0.15) is 44.2 Å². The lowest BCUT2D eigenvalue weighted by atomic mass is 10.0. The van der Waals surface area contributed by atoms with Crippen LogP contribution >= 0.6 is 15.9 Å². The molecule has 0 aliphatic heterocycles. The molecule has 0 spiro atoms. The summed E-state index contributed by atoms with van der Waals surface area (Å²) in [5.74, 6) is 0.117. The maximum atomic E-state index is 11.9. The molecule has 1 unspecified atom stereocenters. The molecule has 1 amide bonds. The zero-order chi connectivity index (χ0) is 14.1. The highest BCUT2D eigenvalue weighted by atomic mass is 79.9. The molecule has 1 atom stereocenters. The van der Waals surface area contributed by atoms with Gasteiger partial charge in [0.05, 0.1) is 6.04 Å². The molecule has 1 aromatic rings. The van der Waals surface area contributed by atoms with Crippen molar-refractivity contribution in [2.45, 2.75) is 38.6 Å². The topological polar surface area (TPSA) is 38.3 Å². The molecule has 0 aromatic heterocycles. The van der Waals surface area contributed by atoms with Gasteiger partial charge in [-0.15, -0.1) is 0 Å². The van der Waals surface area contributed by atoms with Crippen LogP contribution in [0, 0.1) is 0 Å². The third-order valence-corrected chi connectivity index (χ3v) is 3.55. The summed E-state index contributed by atoms with van der Waals surface area (Å²) in [5.41, 5.74) is 1.15. The lowest BCUT2D eigenvalue weighted by Gasteiger charge is -2.17. The van der Waals surface area contributed by atoms with E-state index in [9.17, 15) is 4.79 Å². The SMILES string of the molecule is CCC(NC(=O)CCCCOC)c1ccc(Br)cc1. The Labute approximate surface area is 123 Å². The fourth-order valence-corrected chi connectivity index (χ4v) is 2.18. The van der Waals surface area contributed by atoms with Gasteiger partial charge in [0, 0.05) is 24.6 Å². The molecule has 4 heteroatoms. The third kappa shape index (κ3) is 6.21. The van der Waals surface area contributed by atoms with Crippen LogP contribution in [0.3, 0.4) is 0 Å². The van der Waals surface area contributed by atoms with Crippen molar-refractivity contribution in [2.75, 3.05) is 13.7 Å². The summed E-state index contributed by atoms with van der Waals surface area (Å²) in [7, 11) is 1.68. The fourth-order valence-electron chi connectivity index (χ4n) is 1.91. The van der Waals surface area contributed by atoms with Crippen molar-refractivity contribution < 1.29 is 9.53 Å². The molecule has 0 saturated carbocycles. The fraction of sp³-hybridized carbons (Fsp3) is 0.533. The van der Waals surface area contributed by atoms with Crippen molar-refractivity contribution in [1.82, 2.24) is 5.32 Å². The highest BCUT2D eigenvalue weighted by Crippen LogP contribution is 2.19. The van der Waals surface area contributed by atoms with Gasteiger partial charge in [-0.25, -0.2) is 0 Å². The molecule has 3 nitrogen and oxygen atoms in total. The average molecular weight is 328 g/mol. The van der Waals surface area contributed by atoms with Crippen LogP contribution in [0.5, 0.6) is 0 Å². The Balaban J connectivity index is 2.43. The summed E-state index contributed by atoms with van der Waals surface area (Å²) in [6.45, 7) is 2.80. The first-order chi connectivity index (χ1) is 9.17. The molecule has 0 bridgehead atoms. The molecule has 0 fully saturated rings. The van der Waals surface area contributed by atoms with Gasteiger partial charge in [-0.05, 0) is 37.0 Å². The second kappa shape index (κ2) is 9.10. The second-order valence-electron chi connectivity index (χ2n) is 4.53. The third-order valence-electron chi connectivity index (χ3n) is 3.02. The minimum atomic E-state index is 0.100. The van der Waals surface area contributed by atoms with E-state index in [-0.39, 0.29) is 11.9 Å². The maximum Gasteiger partial charge on any atom is 0.220 e. The predicted octanol–water partition coefficient (Wildman–Crippen LogP) is 3.83. The highest BCUT2D eigenvalue weighted by Gasteiger charge is 2.12. The number of carbonyl (C=O) groups excluding carboxylic acids is 1. The molecule has 1 aromatic carbocycles. The Morgan fingerprint density at radius 1 is 1.32 bits per heavy atom. The van der Waals surface area contributed by atoms with Gasteiger partial charge >= 0.3 is 0 Å². The number of unbranched alkanes of at least 4 members (excludes halogenated alkanes) is 1. The van der Waals surface area contributed by atoms with Crippen molar-refractivity contribution in [3.63, 3.8) is 0 Å². The number of hydrogen-bond acceptors (Lipinski definition) is 2. The highest BCUT2D eigenvalue weighted by molar-refractivity contribution is 9.10. The molecule has 106 valence electrons. The molecule has 1 N–H and O–H groups in total. The van der Waals surface area contributed by atoms with Crippen molar-refractivity contribution >= 4 is 21.8 Å². The number of amides is 1. The van der Waals surface area contributed by atoms with Crippen LogP contribution in [0.25, 0.3) is 0 Å². The van der Waals surface area contributed by atoms with E-state index < -0.39 is 0 Å². The minimum Gasteiger partial charge on any atom is -0.385 e. The van der Waals surface area contributed by atoms with E-state index in [1.807, 2.05) is 24.3 Å². The summed E-state index contributed by atoms with van der Waals surface area (Å²) in [6.07, 6.45) is 3.26. The van der Waals surface area contributed by atoms with E-state index in [0.717, 1.165) is 35.9 Å². The number of nitrogens with one attached hydrogen (secondary N) is 1. The Bertz CT molecular complexity index is 378. The maximum absolute atomic E-state index is 11.9. The number of benzene rings is 1. The number of halogens is 1. The molecule has 19 heavy (non-hydrogen) atoms. The van der Waals surface area contributed by atoms with Gasteiger partial charge in [-0.1, -0.05) is 35.0 Å². The van der Waals surface area contributed by atoms with Gasteiger partial charge in [0.2, 0.25) is 5.91 Å². The Hall–Kier alpha value is -0.870. The lowest BCUT2D eigenvalue weighted by Crippen LogP contribution is -2.27. The molecule has 1 rings (SSSR count). The van der Waals surface area contributed by atoms with E-state index in [0.29, 0.717) is 6.42 Å². The Kier molecular flexibility index (Phi) is 7.75. The van der Waals surface area contributed by atoms with Gasteiger partial charge in [-0.3, -0.25) is 4.79 Å². The van der Waals surface area contributed by atoms with Gasteiger partial charge in [-0.2, -0.15) is 0 Å². The standard InChI is InChI=1S/C15H22BrNO2/c1-3-14(12-7-9-13(16)10-8-12)17-15(18)6-4-5-11-19-2/h7-10,14H,3-6,11H2,1-2H3,(H,17,18). The van der Waals surface area contributed by atoms with Gasteiger partial charge in [0.1, 0.15) is 0 Å². The quantitative estimate of drug-likeness (QED) is 0.737. The molecular weight excluding hydrogens is 306 g/mol. The first kappa shape index (κ1) is 16.2. The first-order valence-electron chi connectivity index (χ1n) is 6.71. The lowest BCUT2D eigenvalue weighted by molar-refractivity contribution is -0.122. The molecule has 0 radical (unpaired) electrons. The van der Waals surface area contributed by atoms with E-state index >= 15 is 0 Å². The normalized spacial score (nSPS) is 12.2. The van der Waals surface area contributed by atoms with Crippen LogP contribution in [-0.2, 0) is 9.53 Å². The summed E-state index contributed by atoms with van der Waals surface area (Å²) >= 11 is 3.42. The van der Waals surface area contributed by atoms with Crippen LogP contribution in [0.4, 0.5) is 0 Å². The van der Waals surface area contributed by atoms with Crippen molar-refractivity contribution in [3.05, 3.63) is 34.3 Å². The summed E-state index contributed by atoms with van der Waals surface area (Å²) < 4.78 is 6.02. The molecule has 0 aliphatic rings. The second-order valence-corrected chi connectivity index (χ2v) is 5.45. The average Bonchev–Trinajstić information content (AvgIpc) is 2.42. The van der Waals surface area contributed by atoms with Crippen LogP contribution in [0.2, 0.25) is 0 Å². The Morgan fingerprint density at radius 2 is 2.00 bits per heavy atom. The van der Waals surface area contributed by atoms with Crippen LogP contribution in [-0.4, -0.2) is 19.6 Å². The smallest absolute Gasteiger partial charge is 0.220 e. The zero-order valence-corrected chi connectivity index (χ0v) is 13.2. The van der Waals surface area contributed by atoms with Crippen molar-refractivity contribution in [2.24, 2.45) is 0 Å². The number of hydrogen-bond donors (Lipinski definition) is 1. The van der Waals surface area contributed by atoms with E-state index in [4.69, 9.17) is 4.74 Å². The zero-order valence-electron chi connectivity index (χ0n) is 11.6. The molecule has 0 aliphatic carbocycles. The number of ether oxygens (including phenoxy) is 1. The predicted molar refractivity (Wildman–Crippen MR) is 81.0 cm³/mol. The summed E-state index contributed by atoms with van der Waals surface area (Å²) in [5, 5.41) is 3.08. The largest absolute Gasteiger partial charge is 0.385 e. The first-order valence-corrected chi connectivity index (χ1v) is 7.50. The van der Waals surface area contributed by atoms with E-state index in [1.165, 1.54) is 0 Å². The Morgan fingerprint density at radius 3 is 2.58 bits per heavy atom. The summed E-state index contributed by atoms with van der Waals surface area (Å²) in [4.78, 5) is 11.9. The van der Waals surface area contributed by atoms with Crippen LogP contribution < -0.4 is 5.32 Å².